The van der Waals surface area contributed by atoms with E-state index in [2.05, 4.69) is 33.2 Å². The van der Waals surface area contributed by atoms with Gasteiger partial charge in [0.1, 0.15) is 0 Å². The zero-order chi connectivity index (χ0) is 10.8. The Morgan fingerprint density at radius 2 is 2.27 bits per heavy atom. The average Bonchev–Trinajstić information content (AvgIpc) is 2.53. The first-order valence-corrected chi connectivity index (χ1v) is 5.63. The van der Waals surface area contributed by atoms with Gasteiger partial charge in [0.2, 0.25) is 0 Å². The number of rotatable bonds is 3. The van der Waals surface area contributed by atoms with Gasteiger partial charge in [0.15, 0.2) is 0 Å². The Hall–Kier alpha value is -0.870. The molecule has 0 atom stereocenters. The van der Waals surface area contributed by atoms with E-state index in [0.29, 0.717) is 6.61 Å². The van der Waals surface area contributed by atoms with Gasteiger partial charge >= 0.3 is 0 Å². The van der Waals surface area contributed by atoms with E-state index >= 15 is 0 Å². The lowest BCUT2D eigenvalue weighted by Crippen LogP contribution is -2.05. The van der Waals surface area contributed by atoms with Crippen molar-refractivity contribution in [2.24, 2.45) is 0 Å². The molecule has 0 radical (unpaired) electrons. The van der Waals surface area contributed by atoms with Gasteiger partial charge in [-0.3, -0.25) is 4.68 Å². The van der Waals surface area contributed by atoms with Crippen LogP contribution in [0.4, 0.5) is 0 Å². The highest BCUT2D eigenvalue weighted by Gasteiger charge is 2.06. The largest absolute Gasteiger partial charge is 0.383 e. The number of aromatic nitrogens is 2. The predicted molar refractivity (Wildman–Crippen MR) is 64.0 cm³/mol. The van der Waals surface area contributed by atoms with E-state index in [1.54, 1.807) is 7.11 Å². The second-order valence-corrected chi connectivity index (χ2v) is 4.38. The summed E-state index contributed by atoms with van der Waals surface area (Å²) in [7, 11) is 1.70. The highest BCUT2D eigenvalue weighted by Crippen LogP contribution is 2.22. The first-order chi connectivity index (χ1) is 7.22. The second kappa shape index (κ2) is 4.33. The topological polar surface area (TPSA) is 27.1 Å². The van der Waals surface area contributed by atoms with E-state index in [1.807, 2.05) is 17.7 Å². The maximum atomic E-state index is 5.06. The molecular formula is C11H13BrN2O. The Bertz CT molecular complexity index is 479. The fourth-order valence-corrected chi connectivity index (χ4v) is 2.02. The molecule has 1 aromatic carbocycles. The molecule has 0 amide bonds. The highest BCUT2D eigenvalue weighted by molar-refractivity contribution is 9.10. The SMILES string of the molecule is COCCn1nc(C)c2cc(Br)ccc21. The molecule has 0 aliphatic carbocycles. The quantitative estimate of drug-likeness (QED) is 0.856. The first-order valence-electron chi connectivity index (χ1n) is 4.84. The first kappa shape index (κ1) is 10.6. The third-order valence-corrected chi connectivity index (χ3v) is 2.90. The third kappa shape index (κ3) is 2.06. The van der Waals surface area contributed by atoms with Crippen LogP contribution in [0.3, 0.4) is 0 Å². The Kier molecular flexibility index (Phi) is 3.07. The summed E-state index contributed by atoms with van der Waals surface area (Å²) in [5, 5.41) is 5.68. The van der Waals surface area contributed by atoms with Crippen molar-refractivity contribution in [1.29, 1.82) is 0 Å². The summed E-state index contributed by atoms with van der Waals surface area (Å²) < 4.78 is 8.13. The van der Waals surface area contributed by atoms with Gasteiger partial charge in [0.25, 0.3) is 0 Å². The molecule has 4 heteroatoms. The van der Waals surface area contributed by atoms with Crippen LogP contribution >= 0.6 is 15.9 Å². The van der Waals surface area contributed by atoms with E-state index in [0.717, 1.165) is 22.2 Å². The minimum Gasteiger partial charge on any atom is -0.383 e. The van der Waals surface area contributed by atoms with Crippen LogP contribution in [0.25, 0.3) is 10.9 Å². The van der Waals surface area contributed by atoms with Crippen molar-refractivity contribution < 1.29 is 4.74 Å². The molecule has 2 rings (SSSR count). The third-order valence-electron chi connectivity index (χ3n) is 2.40. The summed E-state index contributed by atoms with van der Waals surface area (Å²) in [6, 6.07) is 6.21. The van der Waals surface area contributed by atoms with Crippen LogP contribution in [-0.4, -0.2) is 23.5 Å². The zero-order valence-electron chi connectivity index (χ0n) is 8.83. The van der Waals surface area contributed by atoms with Crippen LogP contribution in [-0.2, 0) is 11.3 Å². The van der Waals surface area contributed by atoms with Crippen molar-refractivity contribution >= 4 is 26.8 Å². The average molecular weight is 269 g/mol. The van der Waals surface area contributed by atoms with E-state index < -0.39 is 0 Å². The number of benzene rings is 1. The molecule has 0 aliphatic rings. The number of nitrogens with zero attached hydrogens (tertiary/aromatic N) is 2. The lowest BCUT2D eigenvalue weighted by molar-refractivity contribution is 0.185. The number of fused-ring (bicyclic) bond motifs is 1. The fourth-order valence-electron chi connectivity index (χ4n) is 1.66. The Labute approximate surface area is 97.2 Å². The van der Waals surface area contributed by atoms with Crippen molar-refractivity contribution in [3.8, 4) is 0 Å². The summed E-state index contributed by atoms with van der Waals surface area (Å²) in [5.41, 5.74) is 2.22. The molecule has 1 heterocycles. The van der Waals surface area contributed by atoms with E-state index in [4.69, 9.17) is 4.74 Å². The molecule has 2 aromatic rings. The molecule has 0 spiro atoms. The van der Waals surface area contributed by atoms with Crippen molar-refractivity contribution in [2.75, 3.05) is 13.7 Å². The van der Waals surface area contributed by atoms with Gasteiger partial charge in [-0.1, -0.05) is 15.9 Å². The van der Waals surface area contributed by atoms with Crippen molar-refractivity contribution in [3.05, 3.63) is 28.4 Å². The van der Waals surface area contributed by atoms with Gasteiger partial charge in [0, 0.05) is 17.0 Å². The summed E-state index contributed by atoms with van der Waals surface area (Å²) >= 11 is 3.47. The molecule has 0 aliphatic heterocycles. The minimum absolute atomic E-state index is 0.687. The summed E-state index contributed by atoms with van der Waals surface area (Å²) in [6.07, 6.45) is 0. The van der Waals surface area contributed by atoms with E-state index in [9.17, 15) is 0 Å². The minimum atomic E-state index is 0.687. The maximum absolute atomic E-state index is 5.06. The van der Waals surface area contributed by atoms with Crippen LogP contribution in [0, 0.1) is 6.92 Å². The van der Waals surface area contributed by atoms with Gasteiger partial charge in [-0.2, -0.15) is 5.10 Å². The maximum Gasteiger partial charge on any atom is 0.0687 e. The van der Waals surface area contributed by atoms with E-state index in [-0.39, 0.29) is 0 Å². The molecule has 1 aromatic heterocycles. The van der Waals surface area contributed by atoms with Crippen LogP contribution in [0.5, 0.6) is 0 Å². The van der Waals surface area contributed by atoms with Gasteiger partial charge in [-0.15, -0.1) is 0 Å². The predicted octanol–water partition coefficient (Wildman–Crippen LogP) is 2.75. The molecule has 0 N–H and O–H groups in total. The number of hydrogen-bond donors (Lipinski definition) is 0. The Balaban J connectivity index is 2.48. The van der Waals surface area contributed by atoms with Crippen LogP contribution in [0.2, 0.25) is 0 Å². The lowest BCUT2D eigenvalue weighted by atomic mass is 10.2. The molecular weight excluding hydrogens is 256 g/mol. The Morgan fingerprint density at radius 3 is 3.00 bits per heavy atom. The number of halogens is 1. The lowest BCUT2D eigenvalue weighted by Gasteiger charge is -2.01. The Morgan fingerprint density at radius 1 is 1.47 bits per heavy atom. The van der Waals surface area contributed by atoms with Crippen molar-refractivity contribution in [3.63, 3.8) is 0 Å². The summed E-state index contributed by atoms with van der Waals surface area (Å²) in [5.74, 6) is 0. The van der Waals surface area contributed by atoms with Crippen LogP contribution in [0.15, 0.2) is 22.7 Å². The van der Waals surface area contributed by atoms with Gasteiger partial charge in [-0.05, 0) is 25.1 Å². The molecule has 0 saturated carbocycles. The molecule has 80 valence electrons. The number of aryl methyl sites for hydroxylation is 1. The number of methoxy groups -OCH3 is 1. The highest BCUT2D eigenvalue weighted by atomic mass is 79.9. The van der Waals surface area contributed by atoms with Crippen LogP contribution < -0.4 is 0 Å². The van der Waals surface area contributed by atoms with Crippen molar-refractivity contribution in [2.45, 2.75) is 13.5 Å². The number of ether oxygens (including phenoxy) is 1. The fraction of sp³-hybridized carbons (Fsp3) is 0.364. The van der Waals surface area contributed by atoms with Crippen molar-refractivity contribution in [1.82, 2.24) is 9.78 Å². The molecule has 0 unspecified atom stereocenters. The molecule has 0 fully saturated rings. The van der Waals surface area contributed by atoms with Gasteiger partial charge in [0.05, 0.1) is 24.4 Å². The monoisotopic (exact) mass is 268 g/mol. The zero-order valence-corrected chi connectivity index (χ0v) is 10.4. The van der Waals surface area contributed by atoms with E-state index in [1.165, 1.54) is 5.39 Å². The summed E-state index contributed by atoms with van der Waals surface area (Å²) in [4.78, 5) is 0. The summed E-state index contributed by atoms with van der Waals surface area (Å²) in [6.45, 7) is 3.51. The van der Waals surface area contributed by atoms with Gasteiger partial charge < -0.3 is 4.74 Å². The smallest absolute Gasteiger partial charge is 0.0687 e. The normalized spacial score (nSPS) is 11.1. The molecule has 0 saturated heterocycles. The standard InChI is InChI=1S/C11H13BrN2O/c1-8-10-7-9(12)3-4-11(10)14(13-8)5-6-15-2/h3-4,7H,5-6H2,1-2H3. The second-order valence-electron chi connectivity index (χ2n) is 3.46. The van der Waals surface area contributed by atoms with Gasteiger partial charge in [-0.25, -0.2) is 0 Å². The molecule has 3 nitrogen and oxygen atoms in total. The number of hydrogen-bond acceptors (Lipinski definition) is 2. The molecule has 15 heavy (non-hydrogen) atoms. The molecule has 0 bridgehead atoms. The van der Waals surface area contributed by atoms with Crippen LogP contribution in [0.1, 0.15) is 5.69 Å².